The molecule has 1 saturated heterocycles. The standard InChI is InChI=1S/C59H70N12O9S2/c1-35(41-21-20-38(30-60)28-48(41)73)63-54(76)47-29-40(72)33-70(47)57(78)52(59(3,4)5)66-50(74)19-10-7-11-27-82(79,80)68-55(77)51-42(44-31-62-71(36(44)2)32-37-14-8-6-9-15-37)22-23-49(65-51)69-26-24-39-16-12-17-43(45(39)34-69)53(75)67-58-64-46-18-13-25-61-56(46)81-58/h12-13,16-18,20-23,25,28,31,35,37,40,47,52,72-73H,6-11,14-15,19,24,26-27,29,32-34H2,1-5H3,(H,63,76)(H,66,74)(H,68,77)(H,64,67,75)/t35-,40+,47-,52+/m0/s1. The van der Waals surface area contributed by atoms with Gasteiger partial charge in [0.25, 0.3) is 11.8 Å². The molecule has 0 bridgehead atoms. The number of carbonyl (C=O) groups excluding carboxylic acids is 5. The number of anilines is 2. The number of aromatic nitrogens is 5. The molecule has 0 radical (unpaired) electrons. The number of nitrogens with zero attached hydrogens (tertiary/aromatic N) is 8. The van der Waals surface area contributed by atoms with Crippen molar-refractivity contribution in [2.75, 3.05) is 29.1 Å². The van der Waals surface area contributed by atoms with Crippen LogP contribution in [0.3, 0.4) is 0 Å². The maximum atomic E-state index is 14.4. The lowest BCUT2D eigenvalue weighted by Crippen LogP contribution is -2.57. The first-order valence-corrected chi connectivity index (χ1v) is 30.4. The minimum absolute atomic E-state index is 0.0443. The first-order chi connectivity index (χ1) is 39.2. The summed E-state index contributed by atoms with van der Waals surface area (Å²) in [5, 5.41) is 44.1. The van der Waals surface area contributed by atoms with E-state index in [1.807, 2.05) is 40.8 Å². The summed E-state index contributed by atoms with van der Waals surface area (Å²) in [7, 11) is -4.24. The van der Waals surface area contributed by atoms with Gasteiger partial charge in [-0.1, -0.05) is 76.0 Å². The van der Waals surface area contributed by atoms with Gasteiger partial charge in [-0.3, -0.25) is 34.0 Å². The molecular formula is C59H70N12O9S2. The van der Waals surface area contributed by atoms with Crippen LogP contribution in [0, 0.1) is 29.6 Å². The largest absolute Gasteiger partial charge is 0.508 e. The molecule has 4 aromatic heterocycles. The number of benzene rings is 2. The van der Waals surface area contributed by atoms with Crippen molar-refractivity contribution in [3.05, 3.63) is 112 Å². The average Bonchev–Trinajstić information content (AvgIpc) is 4.02. The van der Waals surface area contributed by atoms with Crippen molar-refractivity contribution < 1.29 is 42.6 Å². The second kappa shape index (κ2) is 25.1. The quantitative estimate of drug-likeness (QED) is 0.0436. The zero-order valence-electron chi connectivity index (χ0n) is 46.8. The Hall–Kier alpha value is -7.81. The zero-order valence-corrected chi connectivity index (χ0v) is 48.4. The van der Waals surface area contributed by atoms with Crippen molar-refractivity contribution in [1.82, 2.24) is 45.0 Å². The number of unbranched alkanes of at least 4 members (excludes halogenated alkanes) is 2. The highest BCUT2D eigenvalue weighted by molar-refractivity contribution is 7.90. The maximum Gasteiger partial charge on any atom is 0.284 e. The number of thiazole rings is 1. The van der Waals surface area contributed by atoms with Crippen molar-refractivity contribution in [2.45, 2.75) is 143 Å². The summed E-state index contributed by atoms with van der Waals surface area (Å²) < 4.78 is 31.7. The second-order valence-electron chi connectivity index (χ2n) is 22.7. The summed E-state index contributed by atoms with van der Waals surface area (Å²) in [5.74, 6) is -2.55. The molecule has 6 aromatic rings. The van der Waals surface area contributed by atoms with Crippen LogP contribution in [0.1, 0.15) is 147 Å². The Balaban J connectivity index is 0.842. The van der Waals surface area contributed by atoms with E-state index in [4.69, 9.17) is 10.1 Å². The highest BCUT2D eigenvalue weighted by Gasteiger charge is 2.45. The van der Waals surface area contributed by atoms with E-state index >= 15 is 0 Å². The molecule has 1 aliphatic carbocycles. The van der Waals surface area contributed by atoms with Crippen LogP contribution in [-0.4, -0.2) is 115 Å². The van der Waals surface area contributed by atoms with Gasteiger partial charge < -0.3 is 30.6 Å². The lowest BCUT2D eigenvalue weighted by atomic mass is 9.85. The first kappa shape index (κ1) is 58.8. The van der Waals surface area contributed by atoms with E-state index in [1.54, 1.807) is 64.4 Å². The highest BCUT2D eigenvalue weighted by Crippen LogP contribution is 2.35. The van der Waals surface area contributed by atoms with E-state index in [9.17, 15) is 47.9 Å². The van der Waals surface area contributed by atoms with Gasteiger partial charge >= 0.3 is 0 Å². The molecule has 21 nitrogen and oxygen atoms in total. The Labute approximate surface area is 481 Å². The first-order valence-electron chi connectivity index (χ1n) is 27.9. The van der Waals surface area contributed by atoms with E-state index in [-0.39, 0.29) is 68.1 Å². The van der Waals surface area contributed by atoms with Crippen molar-refractivity contribution in [3.8, 4) is 22.9 Å². The third kappa shape index (κ3) is 13.7. The average molecular weight is 1160 g/mol. The Bertz CT molecular complexity index is 3510. The van der Waals surface area contributed by atoms with Gasteiger partial charge in [0.05, 0.1) is 35.7 Å². The number of amides is 5. The number of nitriles is 1. The second-order valence-corrected chi connectivity index (χ2v) is 25.6. The fourth-order valence-electron chi connectivity index (χ4n) is 11.2. The van der Waals surface area contributed by atoms with Crippen molar-refractivity contribution in [2.24, 2.45) is 11.3 Å². The number of aromatic hydroxyl groups is 1. The minimum atomic E-state index is -4.24. The molecule has 0 unspecified atom stereocenters. The minimum Gasteiger partial charge on any atom is -0.508 e. The molecule has 9 rings (SSSR count). The maximum absolute atomic E-state index is 14.4. The van der Waals surface area contributed by atoms with Crippen LogP contribution < -0.4 is 25.6 Å². The van der Waals surface area contributed by atoms with E-state index in [1.165, 1.54) is 53.7 Å². The molecule has 82 heavy (non-hydrogen) atoms. The summed E-state index contributed by atoms with van der Waals surface area (Å²) in [6, 6.07) is 16.2. The SMILES string of the molecule is Cc1c(-c2ccc(N3CCc4cccc(C(=O)Nc5nc6cccnc6s5)c4C3)nc2C(=O)NS(=O)(=O)CCCCCC(=O)N[C@H](C(=O)N2C[C@H](O)C[C@H]2C(=O)N[C@@H](C)c2ccc(C#N)cc2O)C(C)(C)C)cnn1CC1CCCCC1. The molecular weight excluding hydrogens is 1080 g/mol. The topological polar surface area (TPSA) is 295 Å². The molecule has 23 heteroatoms. The Kier molecular flexibility index (Phi) is 18.0. The predicted octanol–water partition coefficient (Wildman–Crippen LogP) is 7.22. The number of nitrogens with one attached hydrogen (secondary N) is 4. The molecule has 1 saturated carbocycles. The van der Waals surface area contributed by atoms with Crippen molar-refractivity contribution >= 4 is 72.2 Å². The number of phenolic OH excluding ortho intramolecular Hbond substituents is 1. The molecule has 4 atom stereocenters. The van der Waals surface area contributed by atoms with Crippen LogP contribution in [-0.2, 0) is 43.9 Å². The number of phenols is 1. The monoisotopic (exact) mass is 1150 g/mol. The van der Waals surface area contributed by atoms with Gasteiger partial charge in [-0.05, 0) is 111 Å². The van der Waals surface area contributed by atoms with E-state index < -0.39 is 69.0 Å². The summed E-state index contributed by atoms with van der Waals surface area (Å²) in [6.07, 6.45) is 9.26. The van der Waals surface area contributed by atoms with E-state index in [0.29, 0.717) is 62.4 Å². The van der Waals surface area contributed by atoms with Gasteiger partial charge in [-0.15, -0.1) is 0 Å². The van der Waals surface area contributed by atoms with Crippen LogP contribution in [0.15, 0.2) is 73.1 Å². The van der Waals surface area contributed by atoms with Gasteiger partial charge in [0.15, 0.2) is 5.13 Å². The smallest absolute Gasteiger partial charge is 0.284 e. The molecule has 432 valence electrons. The number of carbonyl (C=O) groups is 5. The van der Waals surface area contributed by atoms with Crippen molar-refractivity contribution in [1.29, 1.82) is 5.26 Å². The molecule has 6 heterocycles. The van der Waals surface area contributed by atoms with Gasteiger partial charge in [0.2, 0.25) is 27.7 Å². The Morgan fingerprint density at radius 2 is 1.73 bits per heavy atom. The Morgan fingerprint density at radius 3 is 2.48 bits per heavy atom. The highest BCUT2D eigenvalue weighted by atomic mass is 32.2. The molecule has 5 amide bonds. The molecule has 2 fully saturated rings. The molecule has 6 N–H and O–H groups in total. The number of pyridine rings is 2. The van der Waals surface area contributed by atoms with Gasteiger partial charge in [0, 0.05) is 73.2 Å². The molecule has 0 spiro atoms. The van der Waals surface area contributed by atoms with E-state index in [0.717, 1.165) is 36.2 Å². The molecule has 2 aromatic carbocycles. The van der Waals surface area contributed by atoms with Gasteiger partial charge in [-0.2, -0.15) is 10.4 Å². The fourth-order valence-corrected chi connectivity index (χ4v) is 13.1. The number of rotatable bonds is 19. The third-order valence-electron chi connectivity index (χ3n) is 15.7. The summed E-state index contributed by atoms with van der Waals surface area (Å²) in [6.45, 7) is 10.3. The number of β-amino-alcohol motifs (C(OH)–C–C–N with tert-alkyl or cyclic N) is 1. The normalized spacial score (nSPS) is 17.4. The van der Waals surface area contributed by atoms with Crippen LogP contribution in [0.4, 0.5) is 10.9 Å². The lowest BCUT2D eigenvalue weighted by Gasteiger charge is -2.35. The number of aliphatic hydroxyl groups excluding tert-OH is 1. The number of sulfonamides is 1. The van der Waals surface area contributed by atoms with Gasteiger partial charge in [-0.25, -0.2) is 28.1 Å². The predicted molar refractivity (Wildman–Crippen MR) is 310 cm³/mol. The summed E-state index contributed by atoms with van der Waals surface area (Å²) in [4.78, 5) is 87.3. The number of likely N-dealkylation sites (tertiary alicyclic amines) is 1. The summed E-state index contributed by atoms with van der Waals surface area (Å²) in [5.41, 5.74) is 4.50. The molecule has 3 aliphatic rings. The summed E-state index contributed by atoms with van der Waals surface area (Å²) >= 11 is 1.28. The van der Waals surface area contributed by atoms with Crippen LogP contribution in [0.5, 0.6) is 5.75 Å². The number of fused-ring (bicyclic) bond motifs is 2. The third-order valence-corrected chi connectivity index (χ3v) is 17.9. The van der Waals surface area contributed by atoms with Crippen LogP contribution in [0.2, 0.25) is 0 Å². The van der Waals surface area contributed by atoms with Crippen molar-refractivity contribution in [3.63, 3.8) is 0 Å². The molecule has 2 aliphatic heterocycles. The zero-order chi connectivity index (χ0) is 58.5. The van der Waals surface area contributed by atoms with Gasteiger partial charge in [0.1, 0.15) is 39.7 Å². The Morgan fingerprint density at radius 1 is 0.939 bits per heavy atom. The number of aliphatic hydroxyl groups is 1. The van der Waals surface area contributed by atoms with Crippen LogP contribution in [0.25, 0.3) is 21.5 Å². The van der Waals surface area contributed by atoms with E-state index in [2.05, 4.69) is 30.6 Å². The van der Waals surface area contributed by atoms with Crippen LogP contribution >= 0.6 is 11.3 Å². The lowest BCUT2D eigenvalue weighted by molar-refractivity contribution is -0.144. The fraction of sp³-hybridized carbons (Fsp3) is 0.458. The number of hydrogen-bond acceptors (Lipinski definition) is 16. The number of hydrogen-bond donors (Lipinski definition) is 6.